The van der Waals surface area contributed by atoms with Gasteiger partial charge in [0.15, 0.2) is 0 Å². The zero-order valence-electron chi connectivity index (χ0n) is 14.6. The molecule has 1 aliphatic heterocycles. The molecule has 2 amide bonds. The van der Waals surface area contributed by atoms with Gasteiger partial charge in [-0.3, -0.25) is 4.90 Å². The Morgan fingerprint density at radius 1 is 1.46 bits per heavy atom. The average Bonchev–Trinajstić information content (AvgIpc) is 3.01. The summed E-state index contributed by atoms with van der Waals surface area (Å²) in [6, 6.07) is 5.83. The van der Waals surface area contributed by atoms with Gasteiger partial charge in [-0.05, 0) is 26.0 Å². The van der Waals surface area contributed by atoms with E-state index in [-0.39, 0.29) is 18.0 Å². The third-order valence-corrected chi connectivity index (χ3v) is 4.14. The minimum absolute atomic E-state index is 0.0201. The van der Waals surface area contributed by atoms with Gasteiger partial charge in [-0.1, -0.05) is 0 Å². The van der Waals surface area contributed by atoms with Crippen LogP contribution in [-0.4, -0.2) is 62.3 Å². The summed E-state index contributed by atoms with van der Waals surface area (Å²) >= 11 is 0. The Morgan fingerprint density at radius 2 is 2.17 bits per heavy atom. The van der Waals surface area contributed by atoms with Crippen LogP contribution in [0.3, 0.4) is 0 Å². The summed E-state index contributed by atoms with van der Waals surface area (Å²) in [5.41, 5.74) is 0. The van der Waals surface area contributed by atoms with Crippen molar-refractivity contribution in [2.75, 3.05) is 46.4 Å². The van der Waals surface area contributed by atoms with Gasteiger partial charge in [0.1, 0.15) is 11.5 Å². The van der Waals surface area contributed by atoms with Crippen molar-refractivity contribution in [3.8, 4) is 6.07 Å². The lowest BCUT2D eigenvalue weighted by molar-refractivity contribution is 0.0119. The monoisotopic (exact) mass is 334 g/mol. The van der Waals surface area contributed by atoms with Crippen molar-refractivity contribution < 1.29 is 13.9 Å². The fourth-order valence-electron chi connectivity index (χ4n) is 2.78. The number of hydrogen-bond donors (Lipinski definition) is 1. The van der Waals surface area contributed by atoms with E-state index in [1.54, 1.807) is 14.0 Å². The summed E-state index contributed by atoms with van der Waals surface area (Å²) in [6.07, 6.45) is 0. The molecule has 0 aromatic carbocycles. The number of urea groups is 1. The molecule has 7 heteroatoms. The molecule has 1 N–H and O–H groups in total. The lowest BCUT2D eigenvalue weighted by atomic mass is 10.1. The molecular weight excluding hydrogens is 308 g/mol. The number of nitriles is 1. The molecule has 2 atom stereocenters. The molecule has 1 aromatic heterocycles. The lowest BCUT2D eigenvalue weighted by Crippen LogP contribution is -2.46. The molecule has 7 nitrogen and oxygen atoms in total. The van der Waals surface area contributed by atoms with E-state index in [9.17, 15) is 4.79 Å². The standard InChI is InChI=1S/C17H26N4O3/c1-13(10-18)12-20(3)17(22)19-11-15(16-5-4-14(2)24-16)21-6-8-23-9-7-21/h4-5,13,15H,6-9,11-12H2,1-3H3,(H,19,22). The van der Waals surface area contributed by atoms with E-state index in [0.29, 0.717) is 26.3 Å². The SMILES string of the molecule is Cc1ccc(C(CNC(=O)N(C)CC(C)C#N)N2CCOCC2)o1. The molecule has 2 heterocycles. The summed E-state index contributed by atoms with van der Waals surface area (Å²) in [5, 5.41) is 11.8. The summed E-state index contributed by atoms with van der Waals surface area (Å²) in [7, 11) is 1.70. The zero-order valence-corrected chi connectivity index (χ0v) is 14.6. The Labute approximate surface area is 143 Å². The normalized spacial score (nSPS) is 17.8. The first-order chi connectivity index (χ1) is 11.5. The first kappa shape index (κ1) is 18.3. The van der Waals surface area contributed by atoms with Gasteiger partial charge in [-0.2, -0.15) is 5.26 Å². The van der Waals surface area contributed by atoms with E-state index in [2.05, 4.69) is 16.3 Å². The minimum atomic E-state index is -0.191. The highest BCUT2D eigenvalue weighted by Gasteiger charge is 2.26. The molecule has 0 bridgehead atoms. The maximum atomic E-state index is 12.2. The lowest BCUT2D eigenvalue weighted by Gasteiger charge is -2.33. The second kappa shape index (κ2) is 8.71. The van der Waals surface area contributed by atoms with Crippen molar-refractivity contribution in [1.29, 1.82) is 5.26 Å². The molecule has 1 saturated heterocycles. The van der Waals surface area contributed by atoms with Crippen molar-refractivity contribution in [3.63, 3.8) is 0 Å². The largest absolute Gasteiger partial charge is 0.465 e. The van der Waals surface area contributed by atoms with Gasteiger partial charge >= 0.3 is 6.03 Å². The van der Waals surface area contributed by atoms with E-state index >= 15 is 0 Å². The smallest absolute Gasteiger partial charge is 0.317 e. The molecule has 2 unspecified atom stereocenters. The Kier molecular flexibility index (Phi) is 6.64. The van der Waals surface area contributed by atoms with Crippen molar-refractivity contribution in [1.82, 2.24) is 15.1 Å². The highest BCUT2D eigenvalue weighted by molar-refractivity contribution is 5.73. The highest BCUT2D eigenvalue weighted by atomic mass is 16.5. The maximum absolute atomic E-state index is 12.2. The number of furan rings is 1. The number of rotatable bonds is 6. The molecule has 132 valence electrons. The van der Waals surface area contributed by atoms with Crippen LogP contribution in [0.1, 0.15) is 24.5 Å². The third-order valence-electron chi connectivity index (χ3n) is 4.14. The number of aryl methyl sites for hydroxylation is 1. The number of nitrogens with one attached hydrogen (secondary N) is 1. The van der Waals surface area contributed by atoms with Crippen LogP contribution < -0.4 is 5.32 Å². The van der Waals surface area contributed by atoms with Crippen molar-refractivity contribution in [2.45, 2.75) is 19.9 Å². The fourth-order valence-corrected chi connectivity index (χ4v) is 2.78. The summed E-state index contributed by atoms with van der Waals surface area (Å²) in [5.74, 6) is 1.51. The molecule has 0 radical (unpaired) electrons. The predicted molar refractivity (Wildman–Crippen MR) is 89.4 cm³/mol. The Hall–Kier alpha value is -2.04. The van der Waals surface area contributed by atoms with Gasteiger partial charge in [0, 0.05) is 33.2 Å². The van der Waals surface area contributed by atoms with Gasteiger partial charge in [0.05, 0.1) is 31.2 Å². The molecular formula is C17H26N4O3. The van der Waals surface area contributed by atoms with Crippen molar-refractivity contribution in [3.05, 3.63) is 23.7 Å². The van der Waals surface area contributed by atoms with Crippen LogP contribution in [0.25, 0.3) is 0 Å². The number of hydrogen-bond acceptors (Lipinski definition) is 5. The summed E-state index contributed by atoms with van der Waals surface area (Å²) < 4.78 is 11.2. The predicted octanol–water partition coefficient (Wildman–Crippen LogP) is 1.76. The highest BCUT2D eigenvalue weighted by Crippen LogP contribution is 2.23. The third kappa shape index (κ3) is 4.98. The fraction of sp³-hybridized carbons (Fsp3) is 0.647. The van der Waals surface area contributed by atoms with E-state index in [0.717, 1.165) is 24.6 Å². The van der Waals surface area contributed by atoms with Crippen LogP contribution in [0, 0.1) is 24.2 Å². The van der Waals surface area contributed by atoms with E-state index in [1.807, 2.05) is 19.1 Å². The van der Waals surface area contributed by atoms with Crippen LogP contribution in [-0.2, 0) is 4.74 Å². The minimum Gasteiger partial charge on any atom is -0.465 e. The number of amides is 2. The van der Waals surface area contributed by atoms with Crippen LogP contribution in [0.2, 0.25) is 0 Å². The van der Waals surface area contributed by atoms with E-state index in [1.165, 1.54) is 4.90 Å². The molecule has 0 spiro atoms. The van der Waals surface area contributed by atoms with Gasteiger partial charge in [0.2, 0.25) is 0 Å². The number of carbonyl (C=O) groups excluding carboxylic acids is 1. The molecule has 0 saturated carbocycles. The van der Waals surface area contributed by atoms with Crippen LogP contribution in [0.4, 0.5) is 4.79 Å². The number of carbonyl (C=O) groups is 1. The van der Waals surface area contributed by atoms with E-state index in [4.69, 9.17) is 14.4 Å². The number of ether oxygens (including phenoxy) is 1. The first-order valence-corrected chi connectivity index (χ1v) is 8.28. The summed E-state index contributed by atoms with van der Waals surface area (Å²) in [4.78, 5) is 16.1. The molecule has 1 aromatic rings. The maximum Gasteiger partial charge on any atom is 0.317 e. The molecule has 0 aliphatic carbocycles. The Balaban J connectivity index is 1.98. The Bertz CT molecular complexity index is 575. The second-order valence-corrected chi connectivity index (χ2v) is 6.21. The molecule has 2 rings (SSSR count). The summed E-state index contributed by atoms with van der Waals surface area (Å²) in [6.45, 7) is 7.56. The van der Waals surface area contributed by atoms with Gasteiger partial charge in [-0.25, -0.2) is 4.79 Å². The average molecular weight is 334 g/mol. The molecule has 1 fully saturated rings. The van der Waals surface area contributed by atoms with Gasteiger partial charge in [0.25, 0.3) is 0 Å². The van der Waals surface area contributed by atoms with Gasteiger partial charge < -0.3 is 19.4 Å². The molecule has 24 heavy (non-hydrogen) atoms. The van der Waals surface area contributed by atoms with Crippen LogP contribution in [0.15, 0.2) is 16.5 Å². The quantitative estimate of drug-likeness (QED) is 0.857. The zero-order chi connectivity index (χ0) is 17.5. The first-order valence-electron chi connectivity index (χ1n) is 8.28. The van der Waals surface area contributed by atoms with Gasteiger partial charge in [-0.15, -0.1) is 0 Å². The van der Waals surface area contributed by atoms with Crippen molar-refractivity contribution >= 4 is 6.03 Å². The topological polar surface area (TPSA) is 81.7 Å². The second-order valence-electron chi connectivity index (χ2n) is 6.21. The van der Waals surface area contributed by atoms with Crippen molar-refractivity contribution in [2.24, 2.45) is 5.92 Å². The molecule has 1 aliphatic rings. The number of morpholine rings is 1. The number of nitrogens with zero attached hydrogens (tertiary/aromatic N) is 3. The van der Waals surface area contributed by atoms with Crippen LogP contribution >= 0.6 is 0 Å². The van der Waals surface area contributed by atoms with Crippen LogP contribution in [0.5, 0.6) is 0 Å². The van der Waals surface area contributed by atoms with E-state index < -0.39 is 0 Å². The Morgan fingerprint density at radius 3 is 2.75 bits per heavy atom.